The highest BCUT2D eigenvalue weighted by molar-refractivity contribution is 5.14. The molecule has 2 N–H and O–H groups in total. The highest BCUT2D eigenvalue weighted by Gasteiger charge is 2.47. The van der Waals surface area contributed by atoms with Crippen molar-refractivity contribution in [3.05, 3.63) is 35.9 Å². The molecule has 2 nitrogen and oxygen atoms in total. The van der Waals surface area contributed by atoms with Gasteiger partial charge in [0.2, 0.25) is 0 Å². The molecule has 1 aromatic rings. The average Bonchev–Trinajstić information content (AvgIpc) is 3.25. The molecule has 0 spiro atoms. The summed E-state index contributed by atoms with van der Waals surface area (Å²) in [6.07, 6.45) is 7.15. The summed E-state index contributed by atoms with van der Waals surface area (Å²) in [5.74, 6) is 0. The number of hydrogen-bond donors (Lipinski definition) is 1. The first kappa shape index (κ1) is 11.2. The van der Waals surface area contributed by atoms with Crippen molar-refractivity contribution in [2.75, 3.05) is 0 Å². The summed E-state index contributed by atoms with van der Waals surface area (Å²) >= 11 is 0. The van der Waals surface area contributed by atoms with Gasteiger partial charge in [0, 0.05) is 5.54 Å². The maximum atomic E-state index is 6.13. The number of ether oxygens (including phenoxy) is 1. The van der Waals surface area contributed by atoms with Crippen molar-refractivity contribution in [1.29, 1.82) is 0 Å². The molecular formula is C15H21NO. The van der Waals surface area contributed by atoms with E-state index in [1.807, 2.05) is 6.07 Å². The van der Waals surface area contributed by atoms with Gasteiger partial charge in [0.05, 0.1) is 12.2 Å². The lowest BCUT2D eigenvalue weighted by atomic mass is 10.1. The number of rotatable bonds is 6. The maximum absolute atomic E-state index is 6.13. The van der Waals surface area contributed by atoms with Crippen LogP contribution in [0, 0.1) is 0 Å². The van der Waals surface area contributed by atoms with Crippen LogP contribution in [0.25, 0.3) is 0 Å². The highest BCUT2D eigenvalue weighted by Crippen LogP contribution is 2.48. The molecule has 92 valence electrons. The Kier molecular flexibility index (Phi) is 2.72. The molecular weight excluding hydrogens is 210 g/mol. The molecule has 0 saturated heterocycles. The van der Waals surface area contributed by atoms with Crippen LogP contribution in [-0.4, -0.2) is 11.1 Å². The summed E-state index contributed by atoms with van der Waals surface area (Å²) < 4.78 is 6.09. The Morgan fingerprint density at radius 1 is 1.00 bits per heavy atom. The summed E-state index contributed by atoms with van der Waals surface area (Å²) in [6.45, 7) is 0.748. The number of benzene rings is 1. The smallest absolute Gasteiger partial charge is 0.0724 e. The molecule has 0 unspecified atom stereocenters. The first-order valence-electron chi connectivity index (χ1n) is 6.67. The summed E-state index contributed by atoms with van der Waals surface area (Å²) in [5.41, 5.74) is 7.75. The van der Waals surface area contributed by atoms with Crippen molar-refractivity contribution in [2.24, 2.45) is 5.73 Å². The molecule has 0 radical (unpaired) electrons. The zero-order chi connectivity index (χ0) is 11.8. The van der Waals surface area contributed by atoms with Gasteiger partial charge in [0.15, 0.2) is 0 Å². The van der Waals surface area contributed by atoms with E-state index in [1.54, 1.807) is 0 Å². The van der Waals surface area contributed by atoms with Gasteiger partial charge in [0.1, 0.15) is 0 Å². The lowest BCUT2D eigenvalue weighted by Crippen LogP contribution is -2.25. The van der Waals surface area contributed by atoms with E-state index in [0.29, 0.717) is 0 Å². The fourth-order valence-electron chi connectivity index (χ4n) is 2.30. The van der Waals surface area contributed by atoms with Crippen LogP contribution >= 0.6 is 0 Å². The molecule has 0 heterocycles. The van der Waals surface area contributed by atoms with Gasteiger partial charge in [-0.2, -0.15) is 0 Å². The third-order valence-corrected chi connectivity index (χ3v) is 4.17. The van der Waals surface area contributed by atoms with Gasteiger partial charge in [-0.1, -0.05) is 30.3 Å². The van der Waals surface area contributed by atoms with Crippen molar-refractivity contribution >= 4 is 0 Å². The van der Waals surface area contributed by atoms with Gasteiger partial charge >= 0.3 is 0 Å². The minimum atomic E-state index is 0.171. The topological polar surface area (TPSA) is 35.2 Å². The largest absolute Gasteiger partial charge is 0.370 e. The zero-order valence-corrected chi connectivity index (χ0v) is 10.3. The van der Waals surface area contributed by atoms with E-state index < -0.39 is 0 Å². The van der Waals surface area contributed by atoms with Gasteiger partial charge < -0.3 is 10.5 Å². The second-order valence-electron chi connectivity index (χ2n) is 5.82. The van der Waals surface area contributed by atoms with Crippen LogP contribution in [-0.2, 0) is 11.3 Å². The molecule has 2 aliphatic carbocycles. The minimum absolute atomic E-state index is 0.171. The lowest BCUT2D eigenvalue weighted by molar-refractivity contribution is 0.0113. The predicted molar refractivity (Wildman–Crippen MR) is 68.6 cm³/mol. The Balaban J connectivity index is 1.47. The Labute approximate surface area is 103 Å². The van der Waals surface area contributed by atoms with E-state index >= 15 is 0 Å². The van der Waals surface area contributed by atoms with Crippen LogP contribution in [0.2, 0.25) is 0 Å². The first-order chi connectivity index (χ1) is 8.20. The number of nitrogens with two attached hydrogens (primary N) is 1. The minimum Gasteiger partial charge on any atom is -0.370 e. The van der Waals surface area contributed by atoms with Crippen LogP contribution in [0.1, 0.15) is 44.1 Å². The quantitative estimate of drug-likeness (QED) is 0.816. The van der Waals surface area contributed by atoms with Crippen molar-refractivity contribution < 1.29 is 4.74 Å². The van der Waals surface area contributed by atoms with E-state index in [9.17, 15) is 0 Å². The van der Waals surface area contributed by atoms with Crippen LogP contribution < -0.4 is 5.73 Å². The van der Waals surface area contributed by atoms with Crippen molar-refractivity contribution in [2.45, 2.75) is 56.3 Å². The molecule has 2 aliphatic rings. The normalized spacial score (nSPS) is 23.4. The van der Waals surface area contributed by atoms with Gasteiger partial charge in [-0.15, -0.1) is 0 Å². The fraction of sp³-hybridized carbons (Fsp3) is 0.600. The van der Waals surface area contributed by atoms with Gasteiger partial charge in [0.25, 0.3) is 0 Å². The molecule has 0 aliphatic heterocycles. The van der Waals surface area contributed by atoms with E-state index in [1.165, 1.54) is 31.2 Å². The summed E-state index contributed by atoms with van der Waals surface area (Å²) in [7, 11) is 0. The maximum Gasteiger partial charge on any atom is 0.0724 e. The molecule has 2 heteroatoms. The second kappa shape index (κ2) is 4.11. The predicted octanol–water partition coefficient (Wildman–Crippen LogP) is 3.01. The third kappa shape index (κ3) is 2.88. The lowest BCUT2D eigenvalue weighted by Gasteiger charge is -2.18. The van der Waals surface area contributed by atoms with Crippen LogP contribution in [0.15, 0.2) is 30.3 Å². The standard InChI is InChI=1S/C15H21NO/c16-14(6-7-14)8-9-15(10-11-15)17-12-13-4-2-1-3-5-13/h1-5H,6-12,16H2. The van der Waals surface area contributed by atoms with Gasteiger partial charge in [-0.3, -0.25) is 0 Å². The zero-order valence-electron chi connectivity index (χ0n) is 10.3. The fourth-order valence-corrected chi connectivity index (χ4v) is 2.30. The number of hydrogen-bond acceptors (Lipinski definition) is 2. The first-order valence-corrected chi connectivity index (χ1v) is 6.67. The Hall–Kier alpha value is -0.860. The molecule has 0 bridgehead atoms. The summed E-state index contributed by atoms with van der Waals surface area (Å²) in [4.78, 5) is 0. The van der Waals surface area contributed by atoms with E-state index in [0.717, 1.165) is 19.4 Å². The molecule has 0 atom stereocenters. The van der Waals surface area contributed by atoms with Gasteiger partial charge in [-0.05, 0) is 44.1 Å². The second-order valence-corrected chi connectivity index (χ2v) is 5.82. The van der Waals surface area contributed by atoms with E-state index in [2.05, 4.69) is 24.3 Å². The van der Waals surface area contributed by atoms with Crippen molar-refractivity contribution in [3.8, 4) is 0 Å². The Morgan fingerprint density at radius 3 is 2.29 bits per heavy atom. The third-order valence-electron chi connectivity index (χ3n) is 4.17. The summed E-state index contributed by atoms with van der Waals surface area (Å²) in [5, 5.41) is 0. The molecule has 17 heavy (non-hydrogen) atoms. The summed E-state index contributed by atoms with van der Waals surface area (Å²) in [6, 6.07) is 10.4. The highest BCUT2D eigenvalue weighted by atomic mass is 16.5. The molecule has 2 fully saturated rings. The van der Waals surface area contributed by atoms with Crippen molar-refractivity contribution in [1.82, 2.24) is 0 Å². The van der Waals surface area contributed by atoms with E-state index in [4.69, 9.17) is 10.5 Å². The van der Waals surface area contributed by atoms with Crippen molar-refractivity contribution in [3.63, 3.8) is 0 Å². The van der Waals surface area contributed by atoms with Crippen LogP contribution in [0.5, 0.6) is 0 Å². The average molecular weight is 231 g/mol. The SMILES string of the molecule is NC1(CCC2(OCc3ccccc3)CC2)CC1. The van der Waals surface area contributed by atoms with Crippen LogP contribution in [0.3, 0.4) is 0 Å². The Morgan fingerprint density at radius 2 is 1.71 bits per heavy atom. The monoisotopic (exact) mass is 231 g/mol. The molecule has 0 aromatic heterocycles. The Bertz CT molecular complexity index is 379. The van der Waals surface area contributed by atoms with Gasteiger partial charge in [-0.25, -0.2) is 0 Å². The molecule has 2 saturated carbocycles. The molecule has 0 amide bonds. The van der Waals surface area contributed by atoms with Crippen LogP contribution in [0.4, 0.5) is 0 Å². The molecule has 3 rings (SSSR count). The molecule has 1 aromatic carbocycles. The van der Waals surface area contributed by atoms with E-state index in [-0.39, 0.29) is 11.1 Å².